The van der Waals surface area contributed by atoms with Crippen molar-refractivity contribution >= 4 is 16.9 Å². The predicted molar refractivity (Wildman–Crippen MR) is 78.9 cm³/mol. The van der Waals surface area contributed by atoms with Crippen molar-refractivity contribution in [2.45, 2.75) is 19.3 Å². The number of nitrogens with zero attached hydrogens (tertiary/aromatic N) is 4. The van der Waals surface area contributed by atoms with Gasteiger partial charge in [0.2, 0.25) is 17.6 Å². The van der Waals surface area contributed by atoms with Gasteiger partial charge in [0.25, 0.3) is 0 Å². The summed E-state index contributed by atoms with van der Waals surface area (Å²) in [5.41, 5.74) is 2.72. The fourth-order valence-electron chi connectivity index (χ4n) is 2.72. The quantitative estimate of drug-likeness (QED) is 0.793. The van der Waals surface area contributed by atoms with Crippen LogP contribution in [0, 0.1) is 0 Å². The van der Waals surface area contributed by atoms with Crippen LogP contribution in [0.4, 0.5) is 0 Å². The summed E-state index contributed by atoms with van der Waals surface area (Å²) in [6.45, 7) is 1.47. The monoisotopic (exact) mass is 297 g/mol. The maximum absolute atomic E-state index is 11.6. The molecule has 4 rings (SSSR count). The minimum atomic E-state index is 0.212. The molecule has 0 aliphatic carbocycles. The molecule has 3 heterocycles. The Morgan fingerprint density at radius 3 is 3.18 bits per heavy atom. The molecule has 1 saturated heterocycles. The lowest BCUT2D eigenvalue weighted by Crippen LogP contribution is -2.26. The number of hydrogen-bond donors (Lipinski definition) is 1. The maximum Gasteiger partial charge on any atom is 0.228 e. The average molecular weight is 297 g/mol. The van der Waals surface area contributed by atoms with Gasteiger partial charge < -0.3 is 14.4 Å². The van der Waals surface area contributed by atoms with Crippen molar-refractivity contribution in [1.29, 1.82) is 0 Å². The molecule has 3 aromatic rings. The summed E-state index contributed by atoms with van der Waals surface area (Å²) in [5.74, 6) is 1.32. The molecule has 1 N–H and O–H groups in total. The number of aromatic amines is 1. The van der Waals surface area contributed by atoms with Crippen molar-refractivity contribution in [2.24, 2.45) is 0 Å². The standard InChI is InChI=1S/C15H15N5O2/c21-14-2-1-6-20(14)7-5-13-18-15(19-22-13)10-3-4-11-12(8-10)17-9-16-11/h3-4,8-9H,1-2,5-7H2,(H,16,17). The van der Waals surface area contributed by atoms with Gasteiger partial charge in [-0.15, -0.1) is 0 Å². The fourth-order valence-corrected chi connectivity index (χ4v) is 2.72. The number of rotatable bonds is 4. The van der Waals surface area contributed by atoms with Crippen LogP contribution in [0.3, 0.4) is 0 Å². The van der Waals surface area contributed by atoms with E-state index in [9.17, 15) is 4.79 Å². The largest absolute Gasteiger partial charge is 0.345 e. The molecule has 0 atom stereocenters. The average Bonchev–Trinajstić information content (AvgIpc) is 3.25. The van der Waals surface area contributed by atoms with Gasteiger partial charge >= 0.3 is 0 Å². The number of aromatic nitrogens is 4. The van der Waals surface area contributed by atoms with E-state index in [0.29, 0.717) is 31.1 Å². The number of carbonyl (C=O) groups excluding carboxylic acids is 1. The first kappa shape index (κ1) is 13.0. The summed E-state index contributed by atoms with van der Waals surface area (Å²) in [6, 6.07) is 5.78. The summed E-state index contributed by atoms with van der Waals surface area (Å²) in [4.78, 5) is 25.1. The summed E-state index contributed by atoms with van der Waals surface area (Å²) < 4.78 is 5.28. The maximum atomic E-state index is 11.6. The SMILES string of the molecule is O=C1CCCN1CCc1nc(-c2ccc3nc[nH]c3c2)no1. The van der Waals surface area contributed by atoms with Crippen LogP contribution in [0.25, 0.3) is 22.4 Å². The van der Waals surface area contributed by atoms with Gasteiger partial charge in [-0.2, -0.15) is 4.98 Å². The summed E-state index contributed by atoms with van der Waals surface area (Å²) >= 11 is 0. The van der Waals surface area contributed by atoms with Crippen molar-refractivity contribution in [3.8, 4) is 11.4 Å². The molecule has 112 valence electrons. The van der Waals surface area contributed by atoms with E-state index in [2.05, 4.69) is 20.1 Å². The van der Waals surface area contributed by atoms with E-state index in [1.165, 1.54) is 0 Å². The minimum Gasteiger partial charge on any atom is -0.345 e. The van der Waals surface area contributed by atoms with Crippen LogP contribution in [0.15, 0.2) is 29.0 Å². The molecule has 1 fully saturated rings. The lowest BCUT2D eigenvalue weighted by molar-refractivity contribution is -0.127. The number of amides is 1. The normalized spacial score (nSPS) is 15.1. The van der Waals surface area contributed by atoms with Gasteiger partial charge in [0.1, 0.15) is 0 Å². The second kappa shape index (κ2) is 5.25. The molecule has 1 aromatic carbocycles. The Bertz CT molecular complexity index is 822. The van der Waals surface area contributed by atoms with Crippen LogP contribution in [0.1, 0.15) is 18.7 Å². The summed E-state index contributed by atoms with van der Waals surface area (Å²) in [7, 11) is 0. The van der Waals surface area contributed by atoms with E-state index in [1.807, 2.05) is 23.1 Å². The Hall–Kier alpha value is -2.70. The smallest absolute Gasteiger partial charge is 0.228 e. The highest BCUT2D eigenvalue weighted by Crippen LogP contribution is 2.20. The second-order valence-electron chi connectivity index (χ2n) is 5.38. The van der Waals surface area contributed by atoms with Crippen LogP contribution in [-0.2, 0) is 11.2 Å². The number of nitrogens with one attached hydrogen (secondary N) is 1. The van der Waals surface area contributed by atoms with Crippen molar-refractivity contribution in [2.75, 3.05) is 13.1 Å². The third kappa shape index (κ3) is 2.34. The molecular formula is C15H15N5O2. The number of hydrogen-bond acceptors (Lipinski definition) is 5. The number of H-pyrrole nitrogens is 1. The first-order valence-corrected chi connectivity index (χ1v) is 7.33. The topological polar surface area (TPSA) is 87.9 Å². The predicted octanol–water partition coefficient (Wildman–Crippen LogP) is 1.78. The lowest BCUT2D eigenvalue weighted by Gasteiger charge is -2.13. The van der Waals surface area contributed by atoms with Gasteiger partial charge in [0.05, 0.1) is 17.4 Å². The van der Waals surface area contributed by atoms with Gasteiger partial charge in [0, 0.05) is 31.5 Å². The Kier molecular flexibility index (Phi) is 3.10. The molecule has 0 bridgehead atoms. The van der Waals surface area contributed by atoms with Gasteiger partial charge in [-0.25, -0.2) is 4.98 Å². The van der Waals surface area contributed by atoms with Crippen LogP contribution in [0.5, 0.6) is 0 Å². The van der Waals surface area contributed by atoms with E-state index in [0.717, 1.165) is 29.6 Å². The van der Waals surface area contributed by atoms with E-state index in [1.54, 1.807) is 6.33 Å². The molecule has 0 saturated carbocycles. The Labute approximate surface area is 126 Å². The van der Waals surface area contributed by atoms with Gasteiger partial charge in [-0.3, -0.25) is 4.79 Å². The highest BCUT2D eigenvalue weighted by Gasteiger charge is 2.20. The molecule has 0 radical (unpaired) electrons. The zero-order valence-corrected chi connectivity index (χ0v) is 12.0. The molecule has 1 aliphatic heterocycles. The van der Waals surface area contributed by atoms with Crippen molar-refractivity contribution in [3.05, 3.63) is 30.4 Å². The zero-order valence-electron chi connectivity index (χ0n) is 12.0. The third-order valence-electron chi connectivity index (χ3n) is 3.91. The number of fused-ring (bicyclic) bond motifs is 1. The van der Waals surface area contributed by atoms with Gasteiger partial charge in [0.15, 0.2) is 0 Å². The molecule has 22 heavy (non-hydrogen) atoms. The fraction of sp³-hybridized carbons (Fsp3) is 0.333. The first-order valence-electron chi connectivity index (χ1n) is 7.33. The third-order valence-corrected chi connectivity index (χ3v) is 3.91. The van der Waals surface area contributed by atoms with Gasteiger partial charge in [-0.05, 0) is 24.6 Å². The molecule has 1 aliphatic rings. The van der Waals surface area contributed by atoms with Crippen LogP contribution in [-0.4, -0.2) is 44.0 Å². The van der Waals surface area contributed by atoms with Crippen molar-refractivity contribution in [3.63, 3.8) is 0 Å². The Morgan fingerprint density at radius 2 is 2.32 bits per heavy atom. The molecule has 0 unspecified atom stereocenters. The van der Waals surface area contributed by atoms with E-state index in [4.69, 9.17) is 4.52 Å². The lowest BCUT2D eigenvalue weighted by atomic mass is 10.2. The van der Waals surface area contributed by atoms with E-state index in [-0.39, 0.29) is 5.91 Å². The molecule has 7 heteroatoms. The van der Waals surface area contributed by atoms with Gasteiger partial charge in [-0.1, -0.05) is 5.16 Å². The number of benzene rings is 1. The van der Waals surface area contributed by atoms with Crippen LogP contribution < -0.4 is 0 Å². The molecule has 7 nitrogen and oxygen atoms in total. The highest BCUT2D eigenvalue weighted by atomic mass is 16.5. The zero-order chi connectivity index (χ0) is 14.9. The van der Waals surface area contributed by atoms with Crippen molar-refractivity contribution < 1.29 is 9.32 Å². The molecule has 2 aromatic heterocycles. The highest BCUT2D eigenvalue weighted by molar-refractivity contribution is 5.80. The number of imidazole rings is 1. The van der Waals surface area contributed by atoms with E-state index < -0.39 is 0 Å². The molecule has 0 spiro atoms. The number of likely N-dealkylation sites (tertiary alicyclic amines) is 1. The Morgan fingerprint density at radius 1 is 1.36 bits per heavy atom. The molecule has 1 amide bonds. The van der Waals surface area contributed by atoms with Crippen molar-refractivity contribution in [1.82, 2.24) is 25.0 Å². The minimum absolute atomic E-state index is 0.212. The Balaban J connectivity index is 1.49. The summed E-state index contributed by atoms with van der Waals surface area (Å²) in [5, 5.41) is 4.02. The summed E-state index contributed by atoms with van der Waals surface area (Å²) in [6.07, 6.45) is 3.84. The molecular weight excluding hydrogens is 282 g/mol. The second-order valence-corrected chi connectivity index (χ2v) is 5.38. The van der Waals surface area contributed by atoms with Crippen LogP contribution >= 0.6 is 0 Å². The first-order chi connectivity index (χ1) is 10.8. The van der Waals surface area contributed by atoms with E-state index >= 15 is 0 Å². The van der Waals surface area contributed by atoms with Crippen LogP contribution in [0.2, 0.25) is 0 Å². The number of carbonyl (C=O) groups is 1.